The largest absolute Gasteiger partial charge is 0.445 e. The monoisotopic (exact) mass is 1230 g/mol. The third-order valence-electron chi connectivity index (χ3n) is 14.1. The summed E-state index contributed by atoms with van der Waals surface area (Å²) in [5.41, 5.74) is -2.20. The number of alkyl halides is 12. The minimum atomic E-state index is -5.06. The van der Waals surface area contributed by atoms with Gasteiger partial charge in [0.05, 0.1) is 53.2 Å². The van der Waals surface area contributed by atoms with Crippen molar-refractivity contribution in [2.75, 3.05) is 13.2 Å². The number of nitrogens with zero attached hydrogens (tertiary/aromatic N) is 1. The summed E-state index contributed by atoms with van der Waals surface area (Å²) in [6.07, 6.45) is -28.3. The summed E-state index contributed by atoms with van der Waals surface area (Å²) in [7, 11) is 0. The van der Waals surface area contributed by atoms with Gasteiger partial charge in [-0.25, -0.2) is 19.2 Å². The minimum absolute atomic E-state index is 0.0178. The molecule has 464 valence electrons. The number of halogens is 12. The van der Waals surface area contributed by atoms with Crippen molar-refractivity contribution in [3.63, 3.8) is 0 Å². The molecule has 14 nitrogen and oxygen atoms in total. The number of likely N-dealkylation sites (tertiary alicyclic amines) is 1. The molecule has 2 aliphatic rings. The van der Waals surface area contributed by atoms with Gasteiger partial charge in [-0.2, -0.15) is 52.7 Å². The van der Waals surface area contributed by atoms with Gasteiger partial charge in [-0.05, 0) is 83.6 Å². The lowest BCUT2D eigenvalue weighted by Gasteiger charge is -2.40. The van der Waals surface area contributed by atoms with E-state index < -0.39 is 125 Å². The van der Waals surface area contributed by atoms with Crippen LogP contribution in [-0.2, 0) is 77.4 Å². The second kappa shape index (κ2) is 27.3. The Morgan fingerprint density at radius 3 is 1.54 bits per heavy atom. The van der Waals surface area contributed by atoms with E-state index in [2.05, 4.69) is 17.2 Å². The number of rotatable bonds is 19. The van der Waals surface area contributed by atoms with Crippen LogP contribution >= 0.6 is 0 Å². The molecule has 2 heterocycles. The number of hydrogen-bond acceptors (Lipinski definition) is 10. The molecule has 0 aliphatic carbocycles. The summed E-state index contributed by atoms with van der Waals surface area (Å²) in [6.45, 7) is 5.10. The first-order chi connectivity index (χ1) is 40.9. The van der Waals surface area contributed by atoms with Crippen molar-refractivity contribution in [3.8, 4) is 0 Å². The molecule has 6 aromatic carbocycles. The van der Waals surface area contributed by atoms with E-state index >= 15 is 0 Å². The maximum atomic E-state index is 13.7. The van der Waals surface area contributed by atoms with Crippen LogP contribution in [0.15, 0.2) is 170 Å². The number of carbonyl (C=O) groups is 4. The number of carbonyl (C=O) groups excluding carboxylic acids is 4. The zero-order chi connectivity index (χ0) is 63.5. The second-order valence-electron chi connectivity index (χ2n) is 20.2. The Bertz CT molecular complexity index is 3260. The van der Waals surface area contributed by atoms with Crippen molar-refractivity contribution in [1.29, 1.82) is 0 Å². The van der Waals surface area contributed by atoms with Gasteiger partial charge in [0.1, 0.15) is 37.1 Å². The maximum Gasteiger partial charge on any atom is 0.416 e. The van der Waals surface area contributed by atoms with Crippen molar-refractivity contribution in [1.82, 2.24) is 15.5 Å². The molecule has 0 bridgehead atoms. The predicted molar refractivity (Wildman–Crippen MR) is 287 cm³/mol. The fourth-order valence-corrected chi connectivity index (χ4v) is 9.77. The average molecular weight is 1230 g/mol. The van der Waals surface area contributed by atoms with Gasteiger partial charge in [0.15, 0.2) is 0 Å². The second-order valence-corrected chi connectivity index (χ2v) is 20.2. The van der Waals surface area contributed by atoms with Gasteiger partial charge < -0.3 is 39.5 Å². The molecule has 26 heteroatoms. The Balaban J connectivity index is 0.000000249. The van der Waals surface area contributed by atoms with Crippen molar-refractivity contribution in [2.45, 2.75) is 106 Å². The predicted octanol–water partition coefficient (Wildman–Crippen LogP) is 14.8. The third kappa shape index (κ3) is 17.0. The first kappa shape index (κ1) is 65.8. The summed E-state index contributed by atoms with van der Waals surface area (Å²) in [6, 6.07) is 36.6. The van der Waals surface area contributed by atoms with Gasteiger partial charge in [0.2, 0.25) is 0 Å². The number of alkyl carbamates (subject to hydrolysis) is 2. The van der Waals surface area contributed by atoms with Crippen molar-refractivity contribution in [3.05, 3.63) is 226 Å². The number of benzene rings is 6. The van der Waals surface area contributed by atoms with Crippen LogP contribution in [0.3, 0.4) is 0 Å². The minimum Gasteiger partial charge on any atom is -0.445 e. The summed E-state index contributed by atoms with van der Waals surface area (Å²) in [5.74, 6) is 0. The van der Waals surface area contributed by atoms with E-state index in [0.717, 1.165) is 0 Å². The summed E-state index contributed by atoms with van der Waals surface area (Å²) >= 11 is 0. The lowest BCUT2D eigenvalue weighted by molar-refractivity contribution is -0.145. The number of ether oxygens (including phenoxy) is 6. The first-order valence-corrected chi connectivity index (χ1v) is 26.4. The van der Waals surface area contributed by atoms with Gasteiger partial charge in [-0.1, -0.05) is 134 Å². The number of fused-ring (bicyclic) bond motifs is 1. The molecule has 2 fully saturated rings. The Morgan fingerprint density at radius 1 is 0.655 bits per heavy atom. The van der Waals surface area contributed by atoms with Crippen LogP contribution in [0.1, 0.15) is 94.5 Å². The number of amides is 4. The molecule has 4 N–H and O–H groups in total. The Hall–Kier alpha value is -8.78. The molecule has 2 aliphatic heterocycles. The average Bonchev–Trinajstić information content (AvgIpc) is 1.62. The summed E-state index contributed by atoms with van der Waals surface area (Å²) in [5, 5.41) is 5.30. The summed E-state index contributed by atoms with van der Waals surface area (Å²) < 4.78 is 195. The number of hydrogen-bond donors (Lipinski definition) is 3. The van der Waals surface area contributed by atoms with E-state index in [4.69, 9.17) is 34.2 Å². The molecule has 7 atom stereocenters. The van der Waals surface area contributed by atoms with Gasteiger partial charge in [-0.3, -0.25) is 10.2 Å². The molecule has 0 aromatic heterocycles. The Kier molecular flexibility index (Phi) is 20.6. The van der Waals surface area contributed by atoms with Crippen LogP contribution in [0.2, 0.25) is 0 Å². The van der Waals surface area contributed by atoms with E-state index in [1.165, 1.54) is 24.8 Å². The highest BCUT2D eigenvalue weighted by molar-refractivity contribution is 5.76. The van der Waals surface area contributed by atoms with Crippen LogP contribution in [0.5, 0.6) is 0 Å². The first-order valence-electron chi connectivity index (χ1n) is 26.4. The molecule has 0 radical (unpaired) electrons. The zero-order valence-electron chi connectivity index (χ0n) is 46.1. The van der Waals surface area contributed by atoms with Crippen LogP contribution in [0.25, 0.3) is 0 Å². The molecule has 0 saturated carbocycles. The molecule has 2 saturated heterocycles. The highest BCUT2D eigenvalue weighted by atomic mass is 19.4. The van der Waals surface area contributed by atoms with E-state index in [1.807, 2.05) is 0 Å². The van der Waals surface area contributed by atoms with Crippen LogP contribution in [0, 0.1) is 0 Å². The topological polar surface area (TPSA) is 177 Å². The van der Waals surface area contributed by atoms with Crippen LogP contribution in [-0.4, -0.2) is 60.9 Å². The lowest BCUT2D eigenvalue weighted by Crippen LogP contribution is -2.55. The SMILES string of the molecule is C=C[C@@H](C[C@](CO[C@H](C)c1cc(C(F)(F)F)cc(C(F)(F)F)c1)(NC(=O)OCc1ccccc1)c1ccccc1)OC(N)=O.C[C@@H](OC[C@@]1(c2ccccc2)C[C@H]2OC(=O)NC2N1C(=O)OCc1ccccc1)c1cc(C(F)(F)F)cc(C(F)(F)F)c1. The van der Waals surface area contributed by atoms with E-state index in [0.29, 0.717) is 46.5 Å². The highest BCUT2D eigenvalue weighted by Crippen LogP contribution is 2.47. The maximum absolute atomic E-state index is 13.7. The van der Waals surface area contributed by atoms with E-state index in [1.54, 1.807) is 121 Å². The van der Waals surface area contributed by atoms with Gasteiger partial charge in [0, 0.05) is 12.8 Å². The zero-order valence-corrected chi connectivity index (χ0v) is 46.1. The third-order valence-corrected chi connectivity index (χ3v) is 14.1. The molecule has 0 spiro atoms. The highest BCUT2D eigenvalue weighted by Gasteiger charge is 2.60. The van der Waals surface area contributed by atoms with Gasteiger partial charge in [0.25, 0.3) is 0 Å². The fourth-order valence-electron chi connectivity index (χ4n) is 9.77. The fraction of sp³-hybridized carbons (Fsp3) is 0.311. The van der Waals surface area contributed by atoms with E-state index in [-0.39, 0.29) is 50.4 Å². The molecule has 4 amide bonds. The molecule has 1 unspecified atom stereocenters. The van der Waals surface area contributed by atoms with Crippen LogP contribution < -0.4 is 16.4 Å². The molecule has 6 aromatic rings. The molecule has 87 heavy (non-hydrogen) atoms. The Labute approximate surface area is 490 Å². The van der Waals surface area contributed by atoms with Crippen LogP contribution in [0.4, 0.5) is 71.9 Å². The summed E-state index contributed by atoms with van der Waals surface area (Å²) in [4.78, 5) is 51.7. The van der Waals surface area contributed by atoms with E-state index in [9.17, 15) is 71.9 Å². The van der Waals surface area contributed by atoms with Crippen molar-refractivity contribution in [2.24, 2.45) is 5.73 Å². The molecular weight excluding hydrogens is 1180 g/mol. The van der Waals surface area contributed by atoms with Crippen molar-refractivity contribution < 1.29 is 100 Å². The number of nitrogens with two attached hydrogens (primary N) is 1. The van der Waals surface area contributed by atoms with Crippen molar-refractivity contribution >= 4 is 24.4 Å². The lowest BCUT2D eigenvalue weighted by atomic mass is 9.84. The van der Waals surface area contributed by atoms with Gasteiger partial charge in [-0.15, -0.1) is 0 Å². The Morgan fingerprint density at radius 2 is 1.09 bits per heavy atom. The standard InChI is InChI=1S/C31H30F6N2O5.C30H26F6N2O5/c1-3-26(44-27(38)40)17-29(23-12-8-5-9-13-23,39-28(41)42-18-21-10-6-4-7-11-21)19-43-20(2)22-14-24(30(32,33)34)16-25(15-22)31(35,36)37;1-18(20-12-22(29(31,32)33)14-23(13-20)30(34,35)36)42-17-28(21-10-6-3-7-11-21)15-24-25(37-26(39)43-24)38(28)27(40)41-16-19-8-4-2-5-9-19/h3-16,20,26H,1,17-19H2,2H3,(H2,38,40)(H,39,41);2-14,18,24-25H,15-17H2,1H3,(H,37,39)/t20-,26+,29-;18-,24-,25?,28-/m11/s1. The molecular formula is C61H56F12N4O10. The normalized spacial score (nSPS) is 18.5. The number of nitrogens with one attached hydrogen (secondary N) is 2. The quantitative estimate of drug-likeness (QED) is 0.0402. The molecule has 8 rings (SSSR count). The van der Waals surface area contributed by atoms with Gasteiger partial charge >= 0.3 is 49.1 Å². The number of primary amides is 1. The smallest absolute Gasteiger partial charge is 0.416 e.